The molecule has 0 bridgehead atoms. The Morgan fingerprint density at radius 3 is 2.66 bits per heavy atom. The van der Waals surface area contributed by atoms with Crippen LogP contribution in [0.15, 0.2) is 23.1 Å². The molecule has 0 unspecified atom stereocenters. The number of alkyl halides is 2. The molecule has 12 nitrogen and oxygen atoms in total. The molecule has 3 atom stereocenters. The van der Waals surface area contributed by atoms with Crippen LogP contribution in [-0.4, -0.2) is 65.4 Å². The third-order valence-corrected chi connectivity index (χ3v) is 7.43. The average molecular weight is 533 g/mol. The van der Waals surface area contributed by atoms with Gasteiger partial charge in [-0.05, 0) is 42.8 Å². The number of aryl methyl sites for hydroxylation is 1. The Morgan fingerprint density at radius 2 is 2.03 bits per heavy atom. The molecule has 3 amide bonds. The number of aliphatic hydroxyl groups is 1. The van der Waals surface area contributed by atoms with Crippen LogP contribution in [0.25, 0.3) is 5.65 Å². The fourth-order valence-corrected chi connectivity index (χ4v) is 5.03. The first-order valence-corrected chi connectivity index (χ1v) is 12.6. The van der Waals surface area contributed by atoms with E-state index in [9.17, 15) is 23.5 Å². The van der Waals surface area contributed by atoms with Gasteiger partial charge in [0.2, 0.25) is 5.92 Å². The summed E-state index contributed by atoms with van der Waals surface area (Å²) in [5.74, 6) is -3.38. The number of urea groups is 1. The number of hydrogen-bond acceptors (Lipinski definition) is 8. The predicted octanol–water partition coefficient (Wildman–Crippen LogP) is 2.76. The number of halogens is 2. The Morgan fingerprint density at radius 1 is 1.29 bits per heavy atom. The van der Waals surface area contributed by atoms with Gasteiger partial charge in [-0.3, -0.25) is 9.69 Å². The highest BCUT2D eigenvalue weighted by Gasteiger charge is 2.40. The molecule has 14 heteroatoms. The number of aromatic nitrogens is 5. The summed E-state index contributed by atoms with van der Waals surface area (Å²) >= 11 is 0. The minimum Gasteiger partial charge on any atom is -0.369 e. The predicted molar refractivity (Wildman–Crippen MR) is 128 cm³/mol. The molecule has 5 rings (SSSR count). The maximum Gasteiger partial charge on any atom is 0.320 e. The molecule has 38 heavy (non-hydrogen) atoms. The third kappa shape index (κ3) is 5.04. The molecule has 0 radical (unpaired) electrons. The molecule has 1 saturated heterocycles. The Labute approximate surface area is 216 Å². The van der Waals surface area contributed by atoms with Crippen LogP contribution >= 0.6 is 0 Å². The zero-order valence-corrected chi connectivity index (χ0v) is 21.3. The molecule has 0 spiro atoms. The first-order valence-electron chi connectivity index (χ1n) is 12.6. The smallest absolute Gasteiger partial charge is 0.320 e. The molecule has 3 aromatic rings. The number of imidazole rings is 1. The van der Waals surface area contributed by atoms with E-state index in [1.54, 1.807) is 19.2 Å². The molecule has 3 aromatic heterocycles. The van der Waals surface area contributed by atoms with Crippen molar-refractivity contribution in [3.63, 3.8) is 0 Å². The van der Waals surface area contributed by atoms with E-state index in [1.807, 2.05) is 13.8 Å². The number of nitrogens with zero attached hydrogens (tertiary/aromatic N) is 6. The van der Waals surface area contributed by atoms with Crippen molar-refractivity contribution >= 4 is 17.6 Å². The van der Waals surface area contributed by atoms with Gasteiger partial charge in [0.15, 0.2) is 17.6 Å². The number of aliphatic hydroxyl groups excluding tert-OH is 1. The fourth-order valence-electron chi connectivity index (χ4n) is 5.03. The van der Waals surface area contributed by atoms with Gasteiger partial charge in [-0.25, -0.2) is 27.7 Å². The van der Waals surface area contributed by atoms with Crippen molar-refractivity contribution in [1.82, 2.24) is 40.4 Å². The van der Waals surface area contributed by atoms with E-state index in [2.05, 4.69) is 35.7 Å². The maximum atomic E-state index is 13.9. The molecular weight excluding hydrogens is 502 g/mol. The standard InChI is InChI=1S/C24H30F2N8O4/c1-12(2)16-10-33(23(37)29-16)22(36)15-8-18-28-17(11-34(18)27-9-15)20(14-4-6-24(25,26)7-5-14)30-21(35)19-13(3)31-38-32-19/h8-9,11-12,14,16,20,22,36H,4-7,10H2,1-3H3,(H,29,37)(H,30,35)/t16-,20-,22+/m0/s1. The number of rotatable bonds is 7. The lowest BCUT2D eigenvalue weighted by Crippen LogP contribution is -2.37. The van der Waals surface area contributed by atoms with Crippen molar-refractivity contribution in [2.45, 2.75) is 70.7 Å². The Kier molecular flexibility index (Phi) is 6.75. The number of hydrogen-bond donors (Lipinski definition) is 3. The summed E-state index contributed by atoms with van der Waals surface area (Å²) in [5.41, 5.74) is 1.48. The lowest BCUT2D eigenvalue weighted by atomic mass is 9.81. The molecule has 1 aliphatic heterocycles. The van der Waals surface area contributed by atoms with Crippen LogP contribution in [0.3, 0.4) is 0 Å². The number of nitrogens with one attached hydrogen (secondary N) is 2. The zero-order chi connectivity index (χ0) is 27.2. The van der Waals surface area contributed by atoms with E-state index in [4.69, 9.17) is 0 Å². The Balaban J connectivity index is 1.42. The summed E-state index contributed by atoms with van der Waals surface area (Å²) in [5, 5.41) is 28.3. The van der Waals surface area contributed by atoms with Gasteiger partial charge in [0.05, 0.1) is 30.2 Å². The van der Waals surface area contributed by atoms with E-state index in [0.29, 0.717) is 29.1 Å². The summed E-state index contributed by atoms with van der Waals surface area (Å²) in [6.45, 7) is 5.90. The molecule has 204 valence electrons. The van der Waals surface area contributed by atoms with Gasteiger partial charge >= 0.3 is 6.03 Å². The zero-order valence-electron chi connectivity index (χ0n) is 21.3. The molecule has 0 aromatic carbocycles. The second-order valence-corrected chi connectivity index (χ2v) is 10.4. The van der Waals surface area contributed by atoms with Crippen molar-refractivity contribution < 1.29 is 28.1 Å². The summed E-state index contributed by atoms with van der Waals surface area (Å²) in [6.07, 6.45) is 1.65. The number of carbonyl (C=O) groups is 2. The van der Waals surface area contributed by atoms with Gasteiger partial charge in [0.25, 0.3) is 5.91 Å². The highest BCUT2D eigenvalue weighted by molar-refractivity contribution is 5.93. The lowest BCUT2D eigenvalue weighted by Gasteiger charge is -2.33. The SMILES string of the molecule is Cc1nonc1C(=O)N[C@H](c1cn2ncc([C@@H](O)N3C[C@@H](C(C)C)NC3=O)cc2n1)C1CCC(F)(F)CC1. The van der Waals surface area contributed by atoms with E-state index in [1.165, 1.54) is 15.6 Å². The van der Waals surface area contributed by atoms with Crippen LogP contribution in [0.5, 0.6) is 0 Å². The first kappa shape index (κ1) is 25.9. The van der Waals surface area contributed by atoms with Gasteiger partial charge in [-0.15, -0.1) is 0 Å². The fraction of sp³-hybridized carbons (Fsp3) is 0.583. The number of fused-ring (bicyclic) bond motifs is 1. The van der Waals surface area contributed by atoms with Crippen molar-refractivity contribution in [1.29, 1.82) is 0 Å². The highest BCUT2D eigenvalue weighted by Crippen LogP contribution is 2.41. The van der Waals surface area contributed by atoms with Crippen LogP contribution in [0, 0.1) is 18.8 Å². The number of amides is 3. The van der Waals surface area contributed by atoms with Crippen LogP contribution in [0.2, 0.25) is 0 Å². The topological polar surface area (TPSA) is 151 Å². The second-order valence-electron chi connectivity index (χ2n) is 10.4. The average Bonchev–Trinajstić information content (AvgIpc) is 3.59. The minimum atomic E-state index is -2.74. The summed E-state index contributed by atoms with van der Waals surface area (Å²) < 4.78 is 33.9. The van der Waals surface area contributed by atoms with E-state index in [0.717, 1.165) is 0 Å². The Bertz CT molecular complexity index is 1330. The van der Waals surface area contributed by atoms with Gasteiger partial charge < -0.3 is 15.7 Å². The van der Waals surface area contributed by atoms with E-state index < -0.39 is 24.1 Å². The highest BCUT2D eigenvalue weighted by atomic mass is 19.3. The number of carbonyl (C=O) groups excluding carboxylic acids is 2. The largest absolute Gasteiger partial charge is 0.369 e. The van der Waals surface area contributed by atoms with Crippen LogP contribution in [-0.2, 0) is 0 Å². The van der Waals surface area contributed by atoms with Crippen molar-refractivity contribution in [2.24, 2.45) is 11.8 Å². The Hall–Kier alpha value is -3.68. The summed E-state index contributed by atoms with van der Waals surface area (Å²) in [7, 11) is 0. The van der Waals surface area contributed by atoms with Crippen LogP contribution < -0.4 is 10.6 Å². The van der Waals surface area contributed by atoms with Crippen molar-refractivity contribution in [3.05, 3.63) is 41.1 Å². The molecular formula is C24H30F2N8O4. The van der Waals surface area contributed by atoms with Crippen molar-refractivity contribution in [2.75, 3.05) is 6.54 Å². The molecule has 1 saturated carbocycles. The first-order chi connectivity index (χ1) is 18.0. The van der Waals surface area contributed by atoms with E-state index >= 15 is 0 Å². The van der Waals surface area contributed by atoms with Gasteiger partial charge in [0, 0.05) is 24.9 Å². The van der Waals surface area contributed by atoms with Crippen LogP contribution in [0.1, 0.15) is 79.2 Å². The third-order valence-electron chi connectivity index (χ3n) is 7.43. The maximum absolute atomic E-state index is 13.9. The molecule has 2 aliphatic rings. The van der Waals surface area contributed by atoms with Gasteiger partial charge in [-0.2, -0.15) is 5.10 Å². The summed E-state index contributed by atoms with van der Waals surface area (Å²) in [6, 6.07) is 0.467. The molecule has 2 fully saturated rings. The normalized spacial score (nSPS) is 21.6. The second kappa shape index (κ2) is 9.89. The van der Waals surface area contributed by atoms with Gasteiger partial charge in [0.1, 0.15) is 5.69 Å². The molecule has 3 N–H and O–H groups in total. The molecule has 4 heterocycles. The lowest BCUT2D eigenvalue weighted by molar-refractivity contribution is -0.0495. The monoisotopic (exact) mass is 532 g/mol. The quantitative estimate of drug-likeness (QED) is 0.420. The summed E-state index contributed by atoms with van der Waals surface area (Å²) in [4.78, 5) is 31.3. The van der Waals surface area contributed by atoms with E-state index in [-0.39, 0.29) is 55.3 Å². The van der Waals surface area contributed by atoms with Crippen LogP contribution in [0.4, 0.5) is 13.6 Å². The van der Waals surface area contributed by atoms with Crippen molar-refractivity contribution in [3.8, 4) is 0 Å². The minimum absolute atomic E-state index is 0.00651. The van der Waals surface area contributed by atoms with Gasteiger partial charge in [-0.1, -0.05) is 19.0 Å². The molecule has 1 aliphatic carbocycles.